The Labute approximate surface area is 192 Å². The zero-order chi connectivity index (χ0) is 22.9. The summed E-state index contributed by atoms with van der Waals surface area (Å²) in [4.78, 5) is 4.96. The van der Waals surface area contributed by atoms with Crippen molar-refractivity contribution >= 4 is 38.3 Å². The molecule has 0 fully saturated rings. The second-order valence-electron chi connectivity index (χ2n) is 7.59. The summed E-state index contributed by atoms with van der Waals surface area (Å²) >= 11 is 6.45. The Morgan fingerprint density at radius 1 is 1.16 bits per heavy atom. The van der Waals surface area contributed by atoms with Crippen LogP contribution in [0.5, 0.6) is 0 Å². The number of imidazole rings is 1. The lowest BCUT2D eigenvalue weighted by atomic mass is 10.2. The van der Waals surface area contributed by atoms with Gasteiger partial charge < -0.3 is 9.88 Å². The third kappa shape index (κ3) is 4.23. The van der Waals surface area contributed by atoms with E-state index in [1.165, 1.54) is 18.4 Å². The summed E-state index contributed by atoms with van der Waals surface area (Å²) in [5.74, 6) is 0.827. The maximum absolute atomic E-state index is 12.5. The van der Waals surface area contributed by atoms with Crippen LogP contribution in [-0.4, -0.2) is 46.1 Å². The Hall–Kier alpha value is -2.88. The van der Waals surface area contributed by atoms with E-state index in [0.717, 1.165) is 35.7 Å². The second-order valence-corrected chi connectivity index (χ2v) is 10.1. The molecule has 0 saturated heterocycles. The molecular formula is C22H25ClN6O2S. The second kappa shape index (κ2) is 8.93. The van der Waals surface area contributed by atoms with E-state index in [2.05, 4.69) is 21.9 Å². The number of benzene rings is 2. The van der Waals surface area contributed by atoms with Gasteiger partial charge in [-0.1, -0.05) is 18.5 Å². The van der Waals surface area contributed by atoms with Crippen molar-refractivity contribution < 1.29 is 8.42 Å². The van der Waals surface area contributed by atoms with Gasteiger partial charge in [0.15, 0.2) is 0 Å². The highest BCUT2D eigenvalue weighted by molar-refractivity contribution is 7.89. The lowest BCUT2D eigenvalue weighted by molar-refractivity contribution is 0.521. The van der Waals surface area contributed by atoms with Crippen LogP contribution in [-0.2, 0) is 23.1 Å². The van der Waals surface area contributed by atoms with Crippen molar-refractivity contribution in [2.24, 2.45) is 0 Å². The number of halogens is 1. The third-order valence-corrected chi connectivity index (χ3v) is 7.29. The van der Waals surface area contributed by atoms with Crippen molar-refractivity contribution in [3.05, 3.63) is 65.7 Å². The number of nitrogens with one attached hydrogen (secondary N) is 1. The molecule has 0 aliphatic rings. The topological polar surface area (TPSA) is 85.0 Å². The van der Waals surface area contributed by atoms with Crippen molar-refractivity contribution in [3.8, 4) is 5.69 Å². The number of fused-ring (bicyclic) bond motifs is 1. The first kappa shape index (κ1) is 22.3. The summed E-state index contributed by atoms with van der Waals surface area (Å²) < 4.78 is 30.1. The average molecular weight is 473 g/mol. The van der Waals surface area contributed by atoms with E-state index >= 15 is 0 Å². The molecule has 0 amide bonds. The van der Waals surface area contributed by atoms with E-state index in [4.69, 9.17) is 16.6 Å². The Morgan fingerprint density at radius 3 is 2.62 bits per heavy atom. The van der Waals surface area contributed by atoms with E-state index in [1.807, 2.05) is 36.5 Å². The normalized spacial score (nSPS) is 12.0. The van der Waals surface area contributed by atoms with Crippen molar-refractivity contribution in [2.45, 2.75) is 31.3 Å². The number of anilines is 1. The van der Waals surface area contributed by atoms with Gasteiger partial charge in [0.05, 0.1) is 33.2 Å². The van der Waals surface area contributed by atoms with Crippen molar-refractivity contribution in [1.29, 1.82) is 0 Å². The number of hydrogen-bond donors (Lipinski definition) is 1. The summed E-state index contributed by atoms with van der Waals surface area (Å²) in [5, 5.41) is 8.17. The average Bonchev–Trinajstić information content (AvgIpc) is 3.40. The minimum Gasteiger partial charge on any atom is -0.378 e. The predicted octanol–water partition coefficient (Wildman–Crippen LogP) is 4.15. The van der Waals surface area contributed by atoms with E-state index < -0.39 is 10.0 Å². The van der Waals surface area contributed by atoms with E-state index in [0.29, 0.717) is 17.1 Å². The van der Waals surface area contributed by atoms with Gasteiger partial charge in [0.2, 0.25) is 10.0 Å². The van der Waals surface area contributed by atoms with E-state index in [9.17, 15) is 8.42 Å². The predicted molar refractivity (Wildman–Crippen MR) is 127 cm³/mol. The molecule has 0 radical (unpaired) electrons. The lowest BCUT2D eigenvalue weighted by Crippen LogP contribution is -2.22. The van der Waals surface area contributed by atoms with Crippen LogP contribution < -0.4 is 5.32 Å². The molecule has 10 heteroatoms. The largest absolute Gasteiger partial charge is 0.378 e. The smallest absolute Gasteiger partial charge is 0.242 e. The Balaban J connectivity index is 1.62. The van der Waals surface area contributed by atoms with Crippen molar-refractivity contribution in [1.82, 2.24) is 23.6 Å². The summed E-state index contributed by atoms with van der Waals surface area (Å²) in [5.41, 5.74) is 3.23. The lowest BCUT2D eigenvalue weighted by Gasteiger charge is -2.12. The molecule has 4 aromatic rings. The minimum atomic E-state index is -3.52. The van der Waals surface area contributed by atoms with Crippen molar-refractivity contribution in [2.75, 3.05) is 19.4 Å². The first-order valence-corrected chi connectivity index (χ1v) is 12.1. The van der Waals surface area contributed by atoms with Crippen LogP contribution in [0.1, 0.15) is 19.2 Å². The van der Waals surface area contributed by atoms with Gasteiger partial charge in [-0.25, -0.2) is 22.4 Å². The molecule has 0 unspecified atom stereocenters. The first-order chi connectivity index (χ1) is 15.3. The summed E-state index contributed by atoms with van der Waals surface area (Å²) in [6.07, 6.45) is 4.47. The fraction of sp³-hybridized carbons (Fsp3) is 0.273. The highest BCUT2D eigenvalue weighted by Crippen LogP contribution is 2.26. The number of rotatable bonds is 8. The molecule has 0 bridgehead atoms. The Bertz CT molecular complexity index is 1350. The Kier molecular flexibility index (Phi) is 6.23. The van der Waals surface area contributed by atoms with Gasteiger partial charge in [-0.3, -0.25) is 0 Å². The highest BCUT2D eigenvalue weighted by atomic mass is 35.5. The molecular weight excluding hydrogens is 448 g/mol. The summed E-state index contributed by atoms with van der Waals surface area (Å²) in [6.45, 7) is 3.36. The Morgan fingerprint density at radius 2 is 1.97 bits per heavy atom. The van der Waals surface area contributed by atoms with E-state index in [1.54, 1.807) is 23.0 Å². The van der Waals surface area contributed by atoms with Crippen LogP contribution in [0.15, 0.2) is 59.8 Å². The SMILES string of the molecule is CCCn1c(CNc2ccc(-n3cccn3)c(Cl)c2)nc2cc(S(=O)(=O)N(C)C)ccc21. The number of sulfonamides is 1. The van der Waals surface area contributed by atoms with Crippen LogP contribution in [0.3, 0.4) is 0 Å². The van der Waals surface area contributed by atoms with Crippen LogP contribution in [0.25, 0.3) is 16.7 Å². The number of hydrogen-bond acceptors (Lipinski definition) is 5. The zero-order valence-electron chi connectivity index (χ0n) is 18.2. The first-order valence-electron chi connectivity index (χ1n) is 10.3. The molecule has 168 valence electrons. The molecule has 0 spiro atoms. The standard InChI is InChI=1S/C22H25ClN6O2S/c1-4-11-28-21-9-7-17(32(30,31)27(2)3)14-19(21)26-22(28)15-24-16-6-8-20(18(23)13-16)29-12-5-10-25-29/h5-10,12-14,24H,4,11,15H2,1-3H3. The molecule has 2 aromatic heterocycles. The minimum absolute atomic E-state index is 0.233. The molecule has 2 heterocycles. The van der Waals surface area contributed by atoms with Crippen molar-refractivity contribution in [3.63, 3.8) is 0 Å². The summed E-state index contributed by atoms with van der Waals surface area (Å²) in [7, 11) is -0.478. The third-order valence-electron chi connectivity index (χ3n) is 5.17. The van der Waals surface area contributed by atoms with Crippen LogP contribution in [0.2, 0.25) is 5.02 Å². The molecule has 2 aromatic carbocycles. The molecule has 0 saturated carbocycles. The highest BCUT2D eigenvalue weighted by Gasteiger charge is 2.19. The maximum Gasteiger partial charge on any atom is 0.242 e. The fourth-order valence-electron chi connectivity index (χ4n) is 3.53. The van der Waals surface area contributed by atoms with Gasteiger partial charge in [-0.2, -0.15) is 5.10 Å². The van der Waals surface area contributed by atoms with Gasteiger partial charge in [0, 0.05) is 38.7 Å². The van der Waals surface area contributed by atoms with Gasteiger partial charge >= 0.3 is 0 Å². The van der Waals surface area contributed by atoms with Gasteiger partial charge in [-0.05, 0) is 48.9 Å². The molecule has 0 aliphatic heterocycles. The van der Waals surface area contributed by atoms with E-state index in [-0.39, 0.29) is 4.90 Å². The molecule has 1 N–H and O–H groups in total. The monoisotopic (exact) mass is 472 g/mol. The quantitative estimate of drug-likeness (QED) is 0.416. The molecule has 32 heavy (non-hydrogen) atoms. The van der Waals surface area contributed by atoms with Gasteiger partial charge in [-0.15, -0.1) is 0 Å². The van der Waals surface area contributed by atoms with Gasteiger partial charge in [0.25, 0.3) is 0 Å². The fourth-order valence-corrected chi connectivity index (χ4v) is 4.72. The zero-order valence-corrected chi connectivity index (χ0v) is 19.7. The van der Waals surface area contributed by atoms with Crippen LogP contribution in [0.4, 0.5) is 5.69 Å². The molecule has 4 rings (SSSR count). The van der Waals surface area contributed by atoms with Gasteiger partial charge in [0.1, 0.15) is 5.82 Å². The number of aryl methyl sites for hydroxylation is 1. The molecule has 0 atom stereocenters. The maximum atomic E-state index is 12.5. The molecule has 8 nitrogen and oxygen atoms in total. The number of aromatic nitrogens is 4. The van der Waals surface area contributed by atoms with Crippen LogP contribution >= 0.6 is 11.6 Å². The number of nitrogens with zero attached hydrogens (tertiary/aromatic N) is 5. The van der Waals surface area contributed by atoms with Crippen LogP contribution in [0, 0.1) is 0 Å². The summed E-state index contributed by atoms with van der Waals surface area (Å²) in [6, 6.07) is 12.6. The molecule has 0 aliphatic carbocycles.